The van der Waals surface area contributed by atoms with Gasteiger partial charge in [-0.25, -0.2) is 0 Å². The Labute approximate surface area is 109 Å². The van der Waals surface area contributed by atoms with Crippen LogP contribution in [0.4, 0.5) is 0 Å². The van der Waals surface area contributed by atoms with E-state index in [1.54, 1.807) is 31.3 Å². The quantitative estimate of drug-likeness (QED) is 0.811. The molecule has 1 rings (SSSR count). The molecule has 1 aromatic rings. The van der Waals surface area contributed by atoms with Gasteiger partial charge < -0.3 is 14.7 Å². The standard InChI is InChI=1S/C12H16BrNO3/c1-14(7-8-15)12(16)10-2-4-11(5-3-10)17-9-6-13/h2-5,15H,6-9H2,1H3. The molecule has 0 saturated carbocycles. The Bertz CT molecular complexity index is 353. The third-order valence-electron chi connectivity index (χ3n) is 2.23. The Balaban J connectivity index is 2.63. The summed E-state index contributed by atoms with van der Waals surface area (Å²) in [6, 6.07) is 6.98. The third kappa shape index (κ3) is 4.36. The Morgan fingerprint density at radius 2 is 2.06 bits per heavy atom. The van der Waals surface area contributed by atoms with Crippen molar-refractivity contribution < 1.29 is 14.6 Å². The van der Waals surface area contributed by atoms with Gasteiger partial charge in [0.15, 0.2) is 0 Å². The first-order valence-electron chi connectivity index (χ1n) is 5.34. The molecule has 0 fully saturated rings. The highest BCUT2D eigenvalue weighted by atomic mass is 79.9. The van der Waals surface area contributed by atoms with Crippen molar-refractivity contribution >= 4 is 21.8 Å². The molecule has 1 aromatic carbocycles. The van der Waals surface area contributed by atoms with E-state index in [1.165, 1.54) is 4.90 Å². The summed E-state index contributed by atoms with van der Waals surface area (Å²) in [4.78, 5) is 13.3. The van der Waals surface area contributed by atoms with Crippen LogP contribution in [0, 0.1) is 0 Å². The fourth-order valence-electron chi connectivity index (χ4n) is 1.32. The van der Waals surface area contributed by atoms with Crippen LogP contribution in [-0.4, -0.2) is 48.0 Å². The molecule has 17 heavy (non-hydrogen) atoms. The maximum atomic E-state index is 11.8. The number of hydrogen-bond donors (Lipinski definition) is 1. The molecule has 1 amide bonds. The van der Waals surface area contributed by atoms with E-state index >= 15 is 0 Å². The summed E-state index contributed by atoms with van der Waals surface area (Å²) in [7, 11) is 1.66. The molecule has 4 nitrogen and oxygen atoms in total. The van der Waals surface area contributed by atoms with Crippen LogP contribution in [0.25, 0.3) is 0 Å². The van der Waals surface area contributed by atoms with E-state index < -0.39 is 0 Å². The lowest BCUT2D eigenvalue weighted by atomic mass is 10.2. The minimum Gasteiger partial charge on any atom is -0.493 e. The van der Waals surface area contributed by atoms with Crippen molar-refractivity contribution in [2.45, 2.75) is 0 Å². The van der Waals surface area contributed by atoms with E-state index in [-0.39, 0.29) is 12.5 Å². The second-order valence-electron chi connectivity index (χ2n) is 3.51. The number of carbonyl (C=O) groups excluding carboxylic acids is 1. The second kappa shape index (κ2) is 7.29. The summed E-state index contributed by atoms with van der Waals surface area (Å²) in [5.74, 6) is 0.636. The summed E-state index contributed by atoms with van der Waals surface area (Å²) in [6.07, 6.45) is 0. The Morgan fingerprint density at radius 3 is 2.59 bits per heavy atom. The zero-order valence-electron chi connectivity index (χ0n) is 9.73. The number of halogens is 1. The van der Waals surface area contributed by atoms with Crippen LogP contribution in [0.2, 0.25) is 0 Å². The lowest BCUT2D eigenvalue weighted by molar-refractivity contribution is 0.0767. The Morgan fingerprint density at radius 1 is 1.41 bits per heavy atom. The molecule has 0 heterocycles. The first kappa shape index (κ1) is 14.0. The smallest absolute Gasteiger partial charge is 0.253 e. The first-order valence-corrected chi connectivity index (χ1v) is 6.46. The Hall–Kier alpha value is -1.07. The molecule has 0 aliphatic rings. The second-order valence-corrected chi connectivity index (χ2v) is 4.31. The van der Waals surface area contributed by atoms with E-state index in [2.05, 4.69) is 15.9 Å². The van der Waals surface area contributed by atoms with Gasteiger partial charge in [-0.3, -0.25) is 4.79 Å². The fraction of sp³-hybridized carbons (Fsp3) is 0.417. The molecule has 0 aliphatic heterocycles. The van der Waals surface area contributed by atoms with Crippen molar-refractivity contribution in [3.8, 4) is 5.75 Å². The highest BCUT2D eigenvalue weighted by Gasteiger charge is 2.10. The van der Waals surface area contributed by atoms with E-state index in [1.807, 2.05) is 0 Å². The molecule has 0 radical (unpaired) electrons. The lowest BCUT2D eigenvalue weighted by Crippen LogP contribution is -2.29. The minimum atomic E-state index is -0.105. The zero-order valence-corrected chi connectivity index (χ0v) is 11.3. The average molecular weight is 302 g/mol. The van der Waals surface area contributed by atoms with Crippen LogP contribution in [0.15, 0.2) is 24.3 Å². The van der Waals surface area contributed by atoms with Crippen molar-refractivity contribution in [1.29, 1.82) is 0 Å². The van der Waals surface area contributed by atoms with Crippen molar-refractivity contribution in [2.75, 3.05) is 32.1 Å². The molecule has 94 valence electrons. The van der Waals surface area contributed by atoms with Crippen LogP contribution >= 0.6 is 15.9 Å². The van der Waals surface area contributed by atoms with Gasteiger partial charge in [-0.15, -0.1) is 0 Å². The highest BCUT2D eigenvalue weighted by Crippen LogP contribution is 2.13. The van der Waals surface area contributed by atoms with Gasteiger partial charge in [0.2, 0.25) is 0 Å². The number of aliphatic hydroxyl groups is 1. The number of rotatable bonds is 6. The van der Waals surface area contributed by atoms with E-state index in [9.17, 15) is 4.79 Å². The molecule has 0 atom stereocenters. The number of alkyl halides is 1. The monoisotopic (exact) mass is 301 g/mol. The molecular weight excluding hydrogens is 286 g/mol. The fourth-order valence-corrected chi connectivity index (χ4v) is 1.48. The number of hydrogen-bond acceptors (Lipinski definition) is 3. The van der Waals surface area contributed by atoms with Crippen molar-refractivity contribution in [1.82, 2.24) is 4.90 Å². The van der Waals surface area contributed by atoms with Crippen LogP contribution < -0.4 is 4.74 Å². The molecule has 1 N–H and O–H groups in total. The SMILES string of the molecule is CN(CCO)C(=O)c1ccc(OCCBr)cc1. The number of amides is 1. The molecule has 0 aliphatic carbocycles. The molecule has 0 aromatic heterocycles. The van der Waals surface area contributed by atoms with Crippen molar-refractivity contribution in [3.05, 3.63) is 29.8 Å². The molecule has 0 bridgehead atoms. The van der Waals surface area contributed by atoms with Crippen LogP contribution in [0.3, 0.4) is 0 Å². The molecule has 0 saturated heterocycles. The molecule has 5 heteroatoms. The highest BCUT2D eigenvalue weighted by molar-refractivity contribution is 9.09. The number of likely N-dealkylation sites (N-methyl/N-ethyl adjacent to an activating group) is 1. The normalized spacial score (nSPS) is 10.1. The van der Waals surface area contributed by atoms with Gasteiger partial charge in [-0.1, -0.05) is 15.9 Å². The van der Waals surface area contributed by atoms with Crippen LogP contribution in [-0.2, 0) is 0 Å². The summed E-state index contributed by atoms with van der Waals surface area (Å²) in [5, 5.41) is 9.53. The van der Waals surface area contributed by atoms with Crippen molar-refractivity contribution in [2.24, 2.45) is 0 Å². The maximum Gasteiger partial charge on any atom is 0.253 e. The number of ether oxygens (including phenoxy) is 1. The van der Waals surface area contributed by atoms with Crippen LogP contribution in [0.5, 0.6) is 5.75 Å². The number of aliphatic hydroxyl groups excluding tert-OH is 1. The largest absolute Gasteiger partial charge is 0.493 e. The summed E-state index contributed by atoms with van der Waals surface area (Å²) >= 11 is 3.27. The summed E-state index contributed by atoms with van der Waals surface area (Å²) < 4.78 is 5.39. The minimum absolute atomic E-state index is 0.0331. The Kier molecular flexibility index (Phi) is 6.00. The molecule has 0 unspecified atom stereocenters. The van der Waals surface area contributed by atoms with E-state index in [4.69, 9.17) is 9.84 Å². The number of benzene rings is 1. The summed E-state index contributed by atoms with van der Waals surface area (Å²) in [5.41, 5.74) is 0.590. The van der Waals surface area contributed by atoms with Gasteiger partial charge in [0.1, 0.15) is 5.75 Å². The number of carbonyl (C=O) groups is 1. The summed E-state index contributed by atoms with van der Waals surface area (Å²) in [6.45, 7) is 0.896. The zero-order chi connectivity index (χ0) is 12.7. The third-order valence-corrected chi connectivity index (χ3v) is 2.55. The van der Waals surface area contributed by atoms with Crippen LogP contribution in [0.1, 0.15) is 10.4 Å². The predicted molar refractivity (Wildman–Crippen MR) is 69.8 cm³/mol. The van der Waals surface area contributed by atoms with Crippen molar-refractivity contribution in [3.63, 3.8) is 0 Å². The van der Waals surface area contributed by atoms with E-state index in [0.29, 0.717) is 18.7 Å². The van der Waals surface area contributed by atoms with Gasteiger partial charge in [0.25, 0.3) is 5.91 Å². The topological polar surface area (TPSA) is 49.8 Å². The molecule has 0 spiro atoms. The van der Waals surface area contributed by atoms with Gasteiger partial charge in [-0.05, 0) is 24.3 Å². The van der Waals surface area contributed by atoms with Gasteiger partial charge in [0, 0.05) is 24.5 Å². The maximum absolute atomic E-state index is 11.8. The number of nitrogens with zero attached hydrogens (tertiary/aromatic N) is 1. The first-order chi connectivity index (χ1) is 8.19. The molecular formula is C12H16BrNO3. The van der Waals surface area contributed by atoms with Gasteiger partial charge >= 0.3 is 0 Å². The predicted octanol–water partition coefficient (Wildman–Crippen LogP) is 1.52. The van der Waals surface area contributed by atoms with Gasteiger partial charge in [-0.2, -0.15) is 0 Å². The van der Waals surface area contributed by atoms with E-state index in [0.717, 1.165) is 11.1 Å². The lowest BCUT2D eigenvalue weighted by Gasteiger charge is -2.15. The van der Waals surface area contributed by atoms with Gasteiger partial charge in [0.05, 0.1) is 13.2 Å². The average Bonchev–Trinajstić information content (AvgIpc) is 2.36.